The van der Waals surface area contributed by atoms with Gasteiger partial charge in [0.05, 0.1) is 6.10 Å². The van der Waals surface area contributed by atoms with Gasteiger partial charge in [-0.25, -0.2) is 4.39 Å². The highest BCUT2D eigenvalue weighted by atomic mass is 32.2. The van der Waals surface area contributed by atoms with E-state index in [2.05, 4.69) is 0 Å². The Morgan fingerprint density at radius 2 is 2.00 bits per heavy atom. The molecule has 0 aromatic heterocycles. The highest BCUT2D eigenvalue weighted by Gasteiger charge is 2.23. The molecule has 82 valence electrons. The zero-order valence-corrected chi connectivity index (χ0v) is 9.86. The van der Waals surface area contributed by atoms with Gasteiger partial charge in [-0.1, -0.05) is 12.1 Å². The van der Waals surface area contributed by atoms with E-state index in [9.17, 15) is 9.50 Å². The van der Waals surface area contributed by atoms with Crippen molar-refractivity contribution in [3.05, 3.63) is 35.6 Å². The number of hydrogen-bond donors (Lipinski definition) is 1. The Morgan fingerprint density at radius 3 is 2.60 bits per heavy atom. The van der Waals surface area contributed by atoms with E-state index in [1.807, 2.05) is 11.8 Å². The first kappa shape index (κ1) is 11.3. The van der Waals surface area contributed by atoms with E-state index < -0.39 is 6.10 Å². The molecule has 1 nitrogen and oxygen atoms in total. The molecular weight excluding hydrogens is 231 g/mol. The second kappa shape index (κ2) is 5.23. The lowest BCUT2D eigenvalue weighted by Crippen LogP contribution is -2.22. The molecule has 1 fully saturated rings. The second-order valence-electron chi connectivity index (χ2n) is 3.48. The van der Waals surface area contributed by atoms with E-state index >= 15 is 0 Å². The molecule has 1 saturated heterocycles. The molecule has 0 saturated carbocycles. The summed E-state index contributed by atoms with van der Waals surface area (Å²) < 4.78 is 12.7. The number of rotatable bonds is 2. The van der Waals surface area contributed by atoms with E-state index in [-0.39, 0.29) is 11.1 Å². The molecule has 1 aromatic rings. The van der Waals surface area contributed by atoms with Crippen LogP contribution in [-0.2, 0) is 0 Å². The standard InChI is InChI=1S/C11H13FOS2/c12-9-3-1-8(2-4-9)11(13)10-7-14-5-6-15-10/h1-4,10-11,13H,5-7H2. The summed E-state index contributed by atoms with van der Waals surface area (Å²) in [5.41, 5.74) is 0.816. The van der Waals surface area contributed by atoms with Gasteiger partial charge in [-0.15, -0.1) is 0 Å². The molecule has 15 heavy (non-hydrogen) atoms. The van der Waals surface area contributed by atoms with Crippen LogP contribution in [0.2, 0.25) is 0 Å². The van der Waals surface area contributed by atoms with Crippen molar-refractivity contribution in [1.29, 1.82) is 0 Å². The molecule has 0 bridgehead atoms. The Bertz CT molecular complexity index is 309. The normalized spacial score (nSPS) is 23.7. The van der Waals surface area contributed by atoms with E-state index in [0.717, 1.165) is 22.8 Å². The first-order valence-corrected chi connectivity index (χ1v) is 7.10. The molecule has 1 aliphatic rings. The van der Waals surface area contributed by atoms with Gasteiger partial charge in [-0.3, -0.25) is 0 Å². The quantitative estimate of drug-likeness (QED) is 0.864. The molecule has 2 unspecified atom stereocenters. The maximum atomic E-state index is 12.7. The topological polar surface area (TPSA) is 20.2 Å². The molecule has 1 aliphatic heterocycles. The summed E-state index contributed by atoms with van der Waals surface area (Å²) in [6, 6.07) is 6.14. The molecule has 2 atom stereocenters. The fourth-order valence-corrected chi connectivity index (χ4v) is 4.32. The lowest BCUT2D eigenvalue weighted by Gasteiger charge is -2.26. The minimum absolute atomic E-state index is 0.245. The van der Waals surface area contributed by atoms with Crippen molar-refractivity contribution in [3.8, 4) is 0 Å². The summed E-state index contributed by atoms with van der Waals surface area (Å²) in [5, 5.41) is 10.3. The monoisotopic (exact) mass is 244 g/mol. The van der Waals surface area contributed by atoms with Crippen LogP contribution in [0.1, 0.15) is 11.7 Å². The Labute approximate surface area is 97.5 Å². The summed E-state index contributed by atoms with van der Waals surface area (Å²) in [5.74, 6) is 2.98. The second-order valence-corrected chi connectivity index (χ2v) is 5.98. The lowest BCUT2D eigenvalue weighted by molar-refractivity contribution is 0.180. The summed E-state index contributed by atoms with van der Waals surface area (Å²) >= 11 is 3.68. The van der Waals surface area contributed by atoms with E-state index in [0.29, 0.717) is 0 Å². The number of aliphatic hydroxyl groups is 1. The van der Waals surface area contributed by atoms with Gasteiger partial charge in [0.25, 0.3) is 0 Å². The maximum Gasteiger partial charge on any atom is 0.123 e. The number of thioether (sulfide) groups is 2. The van der Waals surface area contributed by atoms with Crippen LogP contribution >= 0.6 is 23.5 Å². The van der Waals surface area contributed by atoms with E-state index in [1.165, 1.54) is 12.1 Å². The van der Waals surface area contributed by atoms with Crippen molar-refractivity contribution in [2.75, 3.05) is 17.3 Å². The van der Waals surface area contributed by atoms with Gasteiger partial charge >= 0.3 is 0 Å². The van der Waals surface area contributed by atoms with E-state index in [1.54, 1.807) is 23.9 Å². The smallest absolute Gasteiger partial charge is 0.123 e. The first-order valence-electron chi connectivity index (χ1n) is 4.90. The fourth-order valence-electron chi connectivity index (χ4n) is 1.56. The van der Waals surface area contributed by atoms with Gasteiger partial charge in [0.15, 0.2) is 0 Å². The molecule has 1 heterocycles. The Kier molecular flexibility index (Phi) is 3.94. The number of benzene rings is 1. The van der Waals surface area contributed by atoms with Crippen LogP contribution < -0.4 is 0 Å². The molecular formula is C11H13FOS2. The molecule has 2 rings (SSSR count). The predicted octanol–water partition coefficient (Wildman–Crippen LogP) is 2.71. The molecule has 1 N–H and O–H groups in total. The molecule has 0 radical (unpaired) electrons. The molecule has 4 heteroatoms. The summed E-state index contributed by atoms with van der Waals surface area (Å²) in [4.78, 5) is 0. The summed E-state index contributed by atoms with van der Waals surface area (Å²) in [6.45, 7) is 0. The van der Waals surface area contributed by atoms with Gasteiger partial charge in [0.2, 0.25) is 0 Å². The van der Waals surface area contributed by atoms with Gasteiger partial charge in [-0.2, -0.15) is 23.5 Å². The van der Waals surface area contributed by atoms with Crippen LogP contribution in [0.5, 0.6) is 0 Å². The van der Waals surface area contributed by atoms with Crippen molar-refractivity contribution in [2.24, 2.45) is 0 Å². The summed E-state index contributed by atoms with van der Waals surface area (Å²) in [6.07, 6.45) is -0.469. The van der Waals surface area contributed by atoms with Gasteiger partial charge in [-0.05, 0) is 17.7 Å². The Hall–Kier alpha value is -0.190. The SMILES string of the molecule is OC(c1ccc(F)cc1)C1CSCCS1. The number of hydrogen-bond acceptors (Lipinski definition) is 3. The number of aliphatic hydroxyl groups excluding tert-OH is 1. The lowest BCUT2D eigenvalue weighted by atomic mass is 10.1. The molecule has 0 aliphatic carbocycles. The third-order valence-corrected chi connectivity index (χ3v) is 5.25. The molecule has 0 amide bonds. The Morgan fingerprint density at radius 1 is 1.27 bits per heavy atom. The largest absolute Gasteiger partial charge is 0.387 e. The van der Waals surface area contributed by atoms with Crippen molar-refractivity contribution in [3.63, 3.8) is 0 Å². The Balaban J connectivity index is 2.05. The van der Waals surface area contributed by atoms with Crippen molar-refractivity contribution >= 4 is 23.5 Å². The van der Waals surface area contributed by atoms with Crippen molar-refractivity contribution in [1.82, 2.24) is 0 Å². The minimum atomic E-state index is -0.469. The maximum absolute atomic E-state index is 12.7. The van der Waals surface area contributed by atoms with Crippen LogP contribution in [-0.4, -0.2) is 27.6 Å². The average Bonchev–Trinajstić information content (AvgIpc) is 2.30. The highest BCUT2D eigenvalue weighted by molar-refractivity contribution is 8.06. The third kappa shape index (κ3) is 2.89. The van der Waals surface area contributed by atoms with Crippen LogP contribution in [0.3, 0.4) is 0 Å². The van der Waals surface area contributed by atoms with Crippen LogP contribution in [0, 0.1) is 5.82 Å². The third-order valence-electron chi connectivity index (χ3n) is 2.41. The van der Waals surface area contributed by atoms with Crippen LogP contribution in [0.4, 0.5) is 4.39 Å². The average molecular weight is 244 g/mol. The minimum Gasteiger partial charge on any atom is -0.387 e. The number of halogens is 1. The van der Waals surface area contributed by atoms with Crippen LogP contribution in [0.25, 0.3) is 0 Å². The zero-order valence-electron chi connectivity index (χ0n) is 8.23. The molecule has 0 spiro atoms. The summed E-state index contributed by atoms with van der Waals surface area (Å²) in [7, 11) is 0. The fraction of sp³-hybridized carbons (Fsp3) is 0.455. The predicted molar refractivity (Wildman–Crippen MR) is 64.9 cm³/mol. The van der Waals surface area contributed by atoms with Crippen molar-refractivity contribution in [2.45, 2.75) is 11.4 Å². The van der Waals surface area contributed by atoms with Crippen molar-refractivity contribution < 1.29 is 9.50 Å². The van der Waals surface area contributed by atoms with E-state index in [4.69, 9.17) is 0 Å². The van der Waals surface area contributed by atoms with Gasteiger partial charge in [0.1, 0.15) is 5.82 Å². The zero-order chi connectivity index (χ0) is 10.7. The van der Waals surface area contributed by atoms with Gasteiger partial charge < -0.3 is 5.11 Å². The van der Waals surface area contributed by atoms with Gasteiger partial charge in [0, 0.05) is 22.5 Å². The van der Waals surface area contributed by atoms with Crippen LogP contribution in [0.15, 0.2) is 24.3 Å². The highest BCUT2D eigenvalue weighted by Crippen LogP contribution is 2.33. The molecule has 1 aromatic carbocycles. The first-order chi connectivity index (χ1) is 7.27.